The number of hydrogen-bond donors (Lipinski definition) is 1. The smallest absolute Gasteiger partial charge is 0.307 e. The average Bonchev–Trinajstić information content (AvgIpc) is 2.81. The van der Waals surface area contributed by atoms with E-state index < -0.39 is 17.2 Å². The lowest BCUT2D eigenvalue weighted by Crippen LogP contribution is -2.17. The Labute approximate surface area is 105 Å². The van der Waals surface area contributed by atoms with Crippen LogP contribution in [0.25, 0.3) is 0 Å². The molecule has 4 nitrogen and oxygen atoms in total. The highest BCUT2D eigenvalue weighted by molar-refractivity contribution is 7.11. The van der Waals surface area contributed by atoms with Gasteiger partial charge in [-0.25, -0.2) is 4.98 Å². The van der Waals surface area contributed by atoms with E-state index >= 15 is 0 Å². The van der Waals surface area contributed by atoms with Gasteiger partial charge in [-0.1, -0.05) is 0 Å². The first-order valence-electron chi connectivity index (χ1n) is 4.98. The minimum absolute atomic E-state index is 0.438. The molecule has 0 aliphatic carbocycles. The number of aromatic nitrogens is 3. The highest BCUT2D eigenvalue weighted by atomic mass is 32.1. The second-order valence-electron chi connectivity index (χ2n) is 3.42. The van der Waals surface area contributed by atoms with Gasteiger partial charge in [-0.2, -0.15) is 13.2 Å². The molecule has 0 aliphatic rings. The number of nitrogens with zero attached hydrogens (tertiary/aromatic N) is 3. The van der Waals surface area contributed by atoms with E-state index in [1.165, 1.54) is 24.8 Å². The first-order valence-corrected chi connectivity index (χ1v) is 5.80. The minimum atomic E-state index is -4.41. The zero-order valence-corrected chi connectivity index (χ0v) is 10.1. The zero-order chi connectivity index (χ0) is 13.2. The molecule has 0 amide bonds. The second-order valence-corrected chi connectivity index (χ2v) is 4.48. The molecule has 1 atom stereocenters. The van der Waals surface area contributed by atoms with Crippen LogP contribution >= 0.6 is 11.3 Å². The van der Waals surface area contributed by atoms with Crippen LogP contribution in [-0.2, 0) is 6.18 Å². The van der Waals surface area contributed by atoms with Gasteiger partial charge in [0, 0.05) is 23.5 Å². The van der Waals surface area contributed by atoms with E-state index in [4.69, 9.17) is 0 Å². The Morgan fingerprint density at radius 2 is 2.00 bits per heavy atom. The van der Waals surface area contributed by atoms with Gasteiger partial charge in [-0.05, 0) is 7.05 Å². The summed E-state index contributed by atoms with van der Waals surface area (Å²) in [6, 6.07) is -0.438. The molecule has 0 bridgehead atoms. The third-order valence-corrected chi connectivity index (χ3v) is 3.33. The summed E-state index contributed by atoms with van der Waals surface area (Å²) >= 11 is 0.601. The molecule has 96 valence electrons. The van der Waals surface area contributed by atoms with E-state index in [9.17, 15) is 13.2 Å². The predicted molar refractivity (Wildman–Crippen MR) is 60.1 cm³/mol. The second kappa shape index (κ2) is 4.99. The van der Waals surface area contributed by atoms with Crippen LogP contribution in [0, 0.1) is 0 Å². The van der Waals surface area contributed by atoms with Crippen LogP contribution in [0.5, 0.6) is 0 Å². The highest BCUT2D eigenvalue weighted by Crippen LogP contribution is 2.35. The topological polar surface area (TPSA) is 50.7 Å². The van der Waals surface area contributed by atoms with Crippen molar-refractivity contribution in [2.75, 3.05) is 7.05 Å². The maximum atomic E-state index is 12.5. The number of halogens is 3. The summed E-state index contributed by atoms with van der Waals surface area (Å²) in [6.45, 7) is 0. The van der Waals surface area contributed by atoms with Crippen molar-refractivity contribution in [2.45, 2.75) is 12.2 Å². The summed E-state index contributed by atoms with van der Waals surface area (Å²) in [5, 5.41) is 2.04. The number of hydrogen-bond acceptors (Lipinski definition) is 5. The molecule has 2 aromatic rings. The molecule has 8 heteroatoms. The van der Waals surface area contributed by atoms with Gasteiger partial charge < -0.3 is 5.32 Å². The van der Waals surface area contributed by atoms with Gasteiger partial charge in [0.05, 0.1) is 17.9 Å². The fourth-order valence-electron chi connectivity index (χ4n) is 1.45. The van der Waals surface area contributed by atoms with Crippen molar-refractivity contribution in [3.63, 3.8) is 0 Å². The molecular weight excluding hydrogens is 265 g/mol. The Bertz CT molecular complexity index is 511. The molecule has 0 aromatic carbocycles. The monoisotopic (exact) mass is 274 g/mol. The van der Waals surface area contributed by atoms with Crippen LogP contribution in [-0.4, -0.2) is 22.0 Å². The molecule has 1 unspecified atom stereocenters. The Morgan fingerprint density at radius 1 is 1.22 bits per heavy atom. The van der Waals surface area contributed by atoms with Gasteiger partial charge in [0.15, 0.2) is 5.01 Å². The van der Waals surface area contributed by atoms with Crippen molar-refractivity contribution in [1.29, 1.82) is 0 Å². The molecule has 0 aliphatic heterocycles. The molecule has 1 N–H and O–H groups in total. The van der Waals surface area contributed by atoms with E-state index in [1.54, 1.807) is 7.05 Å². The van der Waals surface area contributed by atoms with E-state index in [-0.39, 0.29) is 0 Å². The van der Waals surface area contributed by atoms with Crippen molar-refractivity contribution in [3.05, 3.63) is 40.4 Å². The molecule has 0 fully saturated rings. The van der Waals surface area contributed by atoms with Gasteiger partial charge in [0.2, 0.25) is 0 Å². The first kappa shape index (κ1) is 12.9. The van der Waals surface area contributed by atoms with Gasteiger partial charge in [-0.15, -0.1) is 11.3 Å². The van der Waals surface area contributed by atoms with Gasteiger partial charge in [-0.3, -0.25) is 9.97 Å². The maximum absolute atomic E-state index is 12.5. The summed E-state index contributed by atoms with van der Waals surface area (Å²) in [5.74, 6) is 0. The lowest BCUT2D eigenvalue weighted by atomic mass is 10.2. The fourth-order valence-corrected chi connectivity index (χ4v) is 2.35. The maximum Gasteiger partial charge on any atom is 0.443 e. The summed E-state index contributed by atoms with van der Waals surface area (Å²) < 4.78 is 37.4. The Hall–Kier alpha value is -1.54. The van der Waals surface area contributed by atoms with Gasteiger partial charge >= 0.3 is 6.18 Å². The summed E-state index contributed by atoms with van der Waals surface area (Å²) in [6.07, 6.45) is 1.30. The van der Waals surface area contributed by atoms with Crippen molar-refractivity contribution in [3.8, 4) is 0 Å². The molecule has 0 radical (unpaired) electrons. The summed E-state index contributed by atoms with van der Waals surface area (Å²) in [5.41, 5.74) is 0.553. The quantitative estimate of drug-likeness (QED) is 0.932. The van der Waals surface area contributed by atoms with E-state index in [0.29, 0.717) is 21.9 Å². The van der Waals surface area contributed by atoms with Crippen LogP contribution in [0.1, 0.15) is 21.6 Å². The molecule has 0 saturated heterocycles. The molecule has 2 aromatic heterocycles. The van der Waals surface area contributed by atoms with Crippen molar-refractivity contribution in [2.24, 2.45) is 0 Å². The lowest BCUT2D eigenvalue weighted by Gasteiger charge is -2.12. The van der Waals surface area contributed by atoms with Crippen LogP contribution in [0.15, 0.2) is 24.8 Å². The van der Waals surface area contributed by atoms with Crippen molar-refractivity contribution >= 4 is 11.3 Å². The molecule has 0 saturated carbocycles. The van der Waals surface area contributed by atoms with E-state index in [1.807, 2.05) is 0 Å². The number of rotatable bonds is 3. The molecule has 0 spiro atoms. The summed E-state index contributed by atoms with van der Waals surface area (Å²) in [7, 11) is 1.65. The third kappa shape index (κ3) is 2.65. The SMILES string of the molecule is CNC(c1cnccn1)c1cnc(C(F)(F)F)s1. The predicted octanol–water partition coefficient (Wildman–Crippen LogP) is 2.26. The van der Waals surface area contributed by atoms with Gasteiger partial charge in [0.1, 0.15) is 0 Å². The van der Waals surface area contributed by atoms with Crippen LogP contribution < -0.4 is 5.32 Å². The zero-order valence-electron chi connectivity index (χ0n) is 9.27. The molecule has 18 heavy (non-hydrogen) atoms. The number of alkyl halides is 3. The molecular formula is C10H9F3N4S. The van der Waals surface area contributed by atoms with Crippen LogP contribution in [0.3, 0.4) is 0 Å². The fraction of sp³-hybridized carbons (Fsp3) is 0.300. The van der Waals surface area contributed by atoms with Gasteiger partial charge in [0.25, 0.3) is 0 Å². The van der Waals surface area contributed by atoms with Crippen molar-refractivity contribution in [1.82, 2.24) is 20.3 Å². The number of thiazole rings is 1. The van der Waals surface area contributed by atoms with E-state index in [0.717, 1.165) is 0 Å². The van der Waals surface area contributed by atoms with Crippen molar-refractivity contribution < 1.29 is 13.2 Å². The standard InChI is InChI=1S/C10H9F3N4S/c1-14-8(6-4-15-2-3-16-6)7-5-17-9(18-7)10(11,12)13/h2-5,8,14H,1H3. The normalized spacial score (nSPS) is 13.6. The number of nitrogens with one attached hydrogen (secondary N) is 1. The third-order valence-electron chi connectivity index (χ3n) is 2.22. The highest BCUT2D eigenvalue weighted by Gasteiger charge is 2.35. The Morgan fingerprint density at radius 3 is 2.50 bits per heavy atom. The lowest BCUT2D eigenvalue weighted by molar-refractivity contribution is -0.137. The molecule has 2 heterocycles. The largest absolute Gasteiger partial charge is 0.443 e. The molecule has 2 rings (SSSR count). The van der Waals surface area contributed by atoms with Crippen LogP contribution in [0.4, 0.5) is 13.2 Å². The Kier molecular flexibility index (Phi) is 3.58. The average molecular weight is 274 g/mol. The first-order chi connectivity index (χ1) is 8.52. The minimum Gasteiger partial charge on any atom is -0.307 e. The van der Waals surface area contributed by atoms with Crippen LogP contribution in [0.2, 0.25) is 0 Å². The van der Waals surface area contributed by atoms with E-state index in [2.05, 4.69) is 20.3 Å². The Balaban J connectivity index is 2.32. The summed E-state index contributed by atoms with van der Waals surface area (Å²) in [4.78, 5) is 11.8.